The van der Waals surface area contributed by atoms with Crippen LogP contribution in [-0.2, 0) is 4.79 Å². The summed E-state index contributed by atoms with van der Waals surface area (Å²) in [5, 5.41) is 0. The number of rotatable bonds is 3. The first-order valence-electron chi connectivity index (χ1n) is 7.12. The van der Waals surface area contributed by atoms with Crippen molar-refractivity contribution >= 4 is 27.7 Å². The Morgan fingerprint density at radius 3 is 2.59 bits per heavy atom. The van der Waals surface area contributed by atoms with Gasteiger partial charge in [-0.05, 0) is 54.0 Å². The van der Waals surface area contributed by atoms with E-state index in [0.29, 0.717) is 16.6 Å². The molecule has 1 aliphatic heterocycles. The van der Waals surface area contributed by atoms with E-state index in [1.807, 2.05) is 6.07 Å². The molecule has 116 valence electrons. The van der Waals surface area contributed by atoms with Crippen LogP contribution in [-0.4, -0.2) is 36.3 Å². The number of piperidine rings is 1. The maximum atomic E-state index is 12.1. The second-order valence-corrected chi connectivity index (χ2v) is 6.03. The number of carbonyl (C=O) groups is 2. The molecule has 1 fully saturated rings. The molecule has 0 unspecified atom stereocenters. The Kier molecular flexibility index (Phi) is 5.99. The molecule has 1 heterocycles. The van der Waals surface area contributed by atoms with Gasteiger partial charge in [-0.2, -0.15) is 0 Å². The van der Waals surface area contributed by atoms with Gasteiger partial charge in [0.15, 0.2) is 0 Å². The van der Waals surface area contributed by atoms with Crippen molar-refractivity contribution < 1.29 is 9.59 Å². The number of hydrogen-bond acceptors (Lipinski definition) is 3. The lowest BCUT2D eigenvalue weighted by atomic mass is 9.96. The Labute approximate surface area is 138 Å². The van der Waals surface area contributed by atoms with Crippen molar-refractivity contribution in [2.45, 2.75) is 12.8 Å². The summed E-state index contributed by atoms with van der Waals surface area (Å²) in [6.45, 7) is 2.23. The minimum absolute atomic E-state index is 0.0893. The monoisotopic (exact) mass is 363 g/mol. The molecule has 0 atom stereocenters. The fourth-order valence-electron chi connectivity index (χ4n) is 2.42. The zero-order valence-electron chi connectivity index (χ0n) is 12.1. The van der Waals surface area contributed by atoms with Crippen LogP contribution in [0, 0.1) is 18.3 Å². The summed E-state index contributed by atoms with van der Waals surface area (Å²) in [6, 6.07) is 7.05. The zero-order chi connectivity index (χ0) is 15.9. The van der Waals surface area contributed by atoms with E-state index < -0.39 is 0 Å². The average Bonchev–Trinajstić information content (AvgIpc) is 2.54. The van der Waals surface area contributed by atoms with Crippen molar-refractivity contribution in [2.24, 2.45) is 5.92 Å². The highest BCUT2D eigenvalue weighted by Gasteiger charge is 2.24. The van der Waals surface area contributed by atoms with E-state index in [2.05, 4.69) is 37.6 Å². The summed E-state index contributed by atoms with van der Waals surface area (Å²) in [5.41, 5.74) is 5.44. The lowest BCUT2D eigenvalue weighted by molar-refractivity contribution is -0.127. The molecular weight excluding hydrogens is 346 g/mol. The average molecular weight is 364 g/mol. The van der Waals surface area contributed by atoms with Crippen LogP contribution in [0.3, 0.4) is 0 Å². The van der Waals surface area contributed by atoms with Crippen LogP contribution in [0.15, 0.2) is 28.7 Å². The van der Waals surface area contributed by atoms with E-state index in [1.54, 1.807) is 18.2 Å². The van der Waals surface area contributed by atoms with E-state index >= 15 is 0 Å². The van der Waals surface area contributed by atoms with E-state index in [1.165, 1.54) is 0 Å². The molecule has 1 aromatic rings. The summed E-state index contributed by atoms with van der Waals surface area (Å²) in [5.74, 6) is 2.03. The van der Waals surface area contributed by atoms with Crippen LogP contribution in [0.4, 0.5) is 0 Å². The molecule has 1 aliphatic rings. The summed E-state index contributed by atoms with van der Waals surface area (Å²) in [4.78, 5) is 26.2. The summed E-state index contributed by atoms with van der Waals surface area (Å²) in [7, 11) is 0. The number of nitrogens with one attached hydrogen (secondary N) is 2. The van der Waals surface area contributed by atoms with Crippen LogP contribution in [0.5, 0.6) is 0 Å². The zero-order valence-corrected chi connectivity index (χ0v) is 13.7. The Bertz CT molecular complexity index is 589. The molecule has 22 heavy (non-hydrogen) atoms. The number of hydrazine groups is 1. The molecule has 2 rings (SSSR count). The van der Waals surface area contributed by atoms with Crippen LogP contribution >= 0.6 is 15.9 Å². The molecule has 1 aromatic carbocycles. The first-order chi connectivity index (χ1) is 10.6. The molecule has 0 aromatic heterocycles. The number of hydrogen-bond donors (Lipinski definition) is 2. The molecule has 2 N–H and O–H groups in total. The first kappa shape index (κ1) is 16.5. The molecule has 0 aliphatic carbocycles. The quantitative estimate of drug-likeness (QED) is 0.632. The van der Waals surface area contributed by atoms with Crippen LogP contribution in [0.1, 0.15) is 23.2 Å². The lowest BCUT2D eigenvalue weighted by Crippen LogP contribution is -2.47. The van der Waals surface area contributed by atoms with Crippen LogP contribution in [0.2, 0.25) is 0 Å². The minimum atomic E-state index is -0.342. The molecule has 5 nitrogen and oxygen atoms in total. The van der Waals surface area contributed by atoms with Gasteiger partial charge < -0.3 is 0 Å². The number of terminal acetylenes is 1. The van der Waals surface area contributed by atoms with Gasteiger partial charge in [-0.25, -0.2) is 0 Å². The predicted octanol–water partition coefficient (Wildman–Crippen LogP) is 1.56. The lowest BCUT2D eigenvalue weighted by Gasteiger charge is -2.29. The van der Waals surface area contributed by atoms with Crippen molar-refractivity contribution in [1.29, 1.82) is 0 Å². The minimum Gasteiger partial charge on any atom is -0.292 e. The third kappa shape index (κ3) is 4.33. The Balaban J connectivity index is 1.80. The van der Waals surface area contributed by atoms with Crippen molar-refractivity contribution in [1.82, 2.24) is 15.8 Å². The second-order valence-electron chi connectivity index (χ2n) is 5.18. The number of halogens is 1. The van der Waals surface area contributed by atoms with Gasteiger partial charge in [0.1, 0.15) is 0 Å². The Hall–Kier alpha value is -1.84. The van der Waals surface area contributed by atoms with Gasteiger partial charge in [-0.1, -0.05) is 18.1 Å². The van der Waals surface area contributed by atoms with Crippen molar-refractivity contribution in [3.63, 3.8) is 0 Å². The third-order valence-electron chi connectivity index (χ3n) is 3.69. The van der Waals surface area contributed by atoms with Crippen molar-refractivity contribution in [3.8, 4) is 12.3 Å². The predicted molar refractivity (Wildman–Crippen MR) is 87.7 cm³/mol. The second kappa shape index (κ2) is 7.97. The molecule has 1 saturated heterocycles. The van der Waals surface area contributed by atoms with Crippen LogP contribution < -0.4 is 10.9 Å². The summed E-state index contributed by atoms with van der Waals surface area (Å²) in [6.07, 6.45) is 6.78. The largest absolute Gasteiger partial charge is 0.292 e. The molecule has 0 radical (unpaired) electrons. The SMILES string of the molecule is C#CCN1CCC(C(=O)NNC(=O)c2ccccc2Br)CC1. The van der Waals surface area contributed by atoms with Gasteiger partial charge in [0, 0.05) is 10.4 Å². The molecular formula is C16H18BrN3O2. The van der Waals surface area contributed by atoms with Gasteiger partial charge >= 0.3 is 0 Å². The summed E-state index contributed by atoms with van der Waals surface area (Å²) >= 11 is 3.31. The van der Waals surface area contributed by atoms with Gasteiger partial charge in [0.2, 0.25) is 5.91 Å². The van der Waals surface area contributed by atoms with Crippen LogP contribution in [0.25, 0.3) is 0 Å². The van der Waals surface area contributed by atoms with Gasteiger partial charge in [-0.3, -0.25) is 25.3 Å². The van der Waals surface area contributed by atoms with E-state index in [-0.39, 0.29) is 17.7 Å². The number of nitrogens with zero attached hydrogens (tertiary/aromatic N) is 1. The smallest absolute Gasteiger partial charge is 0.270 e. The highest BCUT2D eigenvalue weighted by Crippen LogP contribution is 2.17. The van der Waals surface area contributed by atoms with E-state index in [9.17, 15) is 9.59 Å². The van der Waals surface area contributed by atoms with E-state index in [4.69, 9.17) is 6.42 Å². The maximum Gasteiger partial charge on any atom is 0.270 e. The Morgan fingerprint density at radius 2 is 1.95 bits per heavy atom. The third-order valence-corrected chi connectivity index (χ3v) is 4.38. The van der Waals surface area contributed by atoms with Crippen molar-refractivity contribution in [2.75, 3.05) is 19.6 Å². The normalized spacial score (nSPS) is 15.8. The standard InChI is InChI=1S/C16H18BrN3O2/c1-2-9-20-10-7-12(8-11-20)15(21)18-19-16(22)13-5-3-4-6-14(13)17/h1,3-6,12H,7-11H2,(H,18,21)(H,19,22). The molecule has 0 saturated carbocycles. The highest BCUT2D eigenvalue weighted by molar-refractivity contribution is 9.10. The van der Waals surface area contributed by atoms with Gasteiger partial charge in [0.05, 0.1) is 12.1 Å². The number of benzene rings is 1. The topological polar surface area (TPSA) is 61.4 Å². The summed E-state index contributed by atoms with van der Waals surface area (Å²) < 4.78 is 0.685. The number of carbonyl (C=O) groups excluding carboxylic acids is 2. The number of likely N-dealkylation sites (tertiary alicyclic amines) is 1. The molecule has 2 amide bonds. The van der Waals surface area contributed by atoms with E-state index in [0.717, 1.165) is 25.9 Å². The maximum absolute atomic E-state index is 12.1. The molecule has 0 bridgehead atoms. The van der Waals surface area contributed by atoms with Gasteiger partial charge in [0.25, 0.3) is 5.91 Å². The first-order valence-corrected chi connectivity index (χ1v) is 7.91. The fourth-order valence-corrected chi connectivity index (χ4v) is 2.88. The highest BCUT2D eigenvalue weighted by atomic mass is 79.9. The molecule has 6 heteroatoms. The number of amides is 2. The van der Waals surface area contributed by atoms with Crippen molar-refractivity contribution in [3.05, 3.63) is 34.3 Å². The molecule has 0 spiro atoms. The van der Waals surface area contributed by atoms with Gasteiger partial charge in [-0.15, -0.1) is 6.42 Å². The Morgan fingerprint density at radius 1 is 1.27 bits per heavy atom. The fraction of sp³-hybridized carbons (Fsp3) is 0.375.